The SMILES string of the molecule is CC/C=C\C/C=C\C/C=C\C/C=C\C/C=C\CCCC(=O)NC(CO)C(O)/C=C/CCCCCCCCCCC. The van der Waals surface area contributed by atoms with E-state index in [1.54, 1.807) is 6.08 Å². The first-order chi connectivity index (χ1) is 19.7. The summed E-state index contributed by atoms with van der Waals surface area (Å²) in [5.41, 5.74) is 0. The molecule has 0 aliphatic heterocycles. The maximum Gasteiger partial charge on any atom is 0.220 e. The molecule has 0 aliphatic rings. The van der Waals surface area contributed by atoms with Gasteiger partial charge in [-0.25, -0.2) is 0 Å². The maximum atomic E-state index is 12.2. The van der Waals surface area contributed by atoms with Crippen LogP contribution >= 0.6 is 0 Å². The van der Waals surface area contributed by atoms with Gasteiger partial charge in [-0.3, -0.25) is 4.79 Å². The van der Waals surface area contributed by atoms with Gasteiger partial charge < -0.3 is 15.5 Å². The molecule has 0 heterocycles. The second-order valence-electron chi connectivity index (χ2n) is 10.5. The third-order valence-corrected chi connectivity index (χ3v) is 6.70. The molecule has 0 saturated carbocycles. The summed E-state index contributed by atoms with van der Waals surface area (Å²) in [6, 6.07) is -0.652. The van der Waals surface area contributed by atoms with Gasteiger partial charge in [-0.2, -0.15) is 0 Å². The Morgan fingerprint density at radius 2 is 1.10 bits per heavy atom. The number of carbonyl (C=O) groups excluding carboxylic acids is 1. The van der Waals surface area contributed by atoms with Gasteiger partial charge in [0.15, 0.2) is 0 Å². The van der Waals surface area contributed by atoms with Gasteiger partial charge in [-0.1, -0.05) is 138 Å². The number of rotatable bonds is 27. The molecule has 0 radical (unpaired) electrons. The van der Waals surface area contributed by atoms with E-state index in [1.165, 1.54) is 51.4 Å². The molecule has 1 amide bonds. The Balaban J connectivity index is 3.84. The van der Waals surface area contributed by atoms with E-state index in [1.807, 2.05) is 6.08 Å². The minimum Gasteiger partial charge on any atom is -0.394 e. The van der Waals surface area contributed by atoms with Crippen molar-refractivity contribution in [2.75, 3.05) is 6.61 Å². The van der Waals surface area contributed by atoms with Gasteiger partial charge in [-0.15, -0.1) is 0 Å². The van der Waals surface area contributed by atoms with Crippen molar-refractivity contribution in [3.05, 3.63) is 72.9 Å². The van der Waals surface area contributed by atoms with Crippen molar-refractivity contribution in [2.45, 2.75) is 142 Å². The predicted octanol–water partition coefficient (Wildman–Crippen LogP) is 9.22. The Morgan fingerprint density at radius 3 is 1.62 bits per heavy atom. The summed E-state index contributed by atoms with van der Waals surface area (Å²) in [5.74, 6) is -0.127. The Morgan fingerprint density at radius 1 is 0.625 bits per heavy atom. The van der Waals surface area contributed by atoms with Crippen LogP contribution in [0.15, 0.2) is 72.9 Å². The zero-order chi connectivity index (χ0) is 29.4. The fourth-order valence-electron chi connectivity index (χ4n) is 4.21. The fourth-order valence-corrected chi connectivity index (χ4v) is 4.21. The molecule has 2 atom stereocenters. The minimum atomic E-state index is -0.863. The van der Waals surface area contributed by atoms with Crippen LogP contribution in [0.2, 0.25) is 0 Å². The van der Waals surface area contributed by atoms with Crippen molar-refractivity contribution in [3.63, 3.8) is 0 Å². The second kappa shape index (κ2) is 31.4. The maximum absolute atomic E-state index is 12.2. The van der Waals surface area contributed by atoms with Gasteiger partial charge in [0.05, 0.1) is 18.8 Å². The molecule has 0 saturated heterocycles. The number of aliphatic hydroxyl groups excluding tert-OH is 2. The summed E-state index contributed by atoms with van der Waals surface area (Å²) in [6.45, 7) is 4.12. The lowest BCUT2D eigenvalue weighted by molar-refractivity contribution is -0.122. The highest BCUT2D eigenvalue weighted by molar-refractivity contribution is 5.76. The van der Waals surface area contributed by atoms with E-state index in [-0.39, 0.29) is 12.5 Å². The average Bonchev–Trinajstić information content (AvgIpc) is 2.96. The first-order valence-electron chi connectivity index (χ1n) is 16.2. The van der Waals surface area contributed by atoms with Crippen LogP contribution in [0.25, 0.3) is 0 Å². The van der Waals surface area contributed by atoms with Crippen LogP contribution in [0.3, 0.4) is 0 Å². The lowest BCUT2D eigenvalue weighted by Crippen LogP contribution is -2.45. The molecule has 40 heavy (non-hydrogen) atoms. The van der Waals surface area contributed by atoms with E-state index in [0.717, 1.165) is 57.8 Å². The molecule has 228 valence electrons. The molecule has 0 fully saturated rings. The topological polar surface area (TPSA) is 69.6 Å². The Hall–Kier alpha value is -2.17. The Labute approximate surface area is 247 Å². The third kappa shape index (κ3) is 27.4. The minimum absolute atomic E-state index is 0.127. The first kappa shape index (κ1) is 37.8. The normalized spacial score (nSPS) is 14.2. The number of allylic oxidation sites excluding steroid dienone is 11. The van der Waals surface area contributed by atoms with Crippen molar-refractivity contribution in [2.24, 2.45) is 0 Å². The Kier molecular flexibility index (Phi) is 29.7. The lowest BCUT2D eigenvalue weighted by atomic mass is 10.1. The van der Waals surface area contributed by atoms with Gasteiger partial charge in [0.25, 0.3) is 0 Å². The van der Waals surface area contributed by atoms with Gasteiger partial charge in [0, 0.05) is 6.42 Å². The van der Waals surface area contributed by atoms with Crippen LogP contribution in [0.1, 0.15) is 129 Å². The number of amides is 1. The van der Waals surface area contributed by atoms with Crippen LogP contribution in [-0.4, -0.2) is 34.9 Å². The average molecular weight is 556 g/mol. The molecule has 2 unspecified atom stereocenters. The molecule has 0 spiro atoms. The third-order valence-electron chi connectivity index (χ3n) is 6.70. The molecule has 0 aromatic carbocycles. The van der Waals surface area contributed by atoms with Gasteiger partial charge in [0.2, 0.25) is 5.91 Å². The van der Waals surface area contributed by atoms with E-state index in [2.05, 4.69) is 79.9 Å². The summed E-state index contributed by atoms with van der Waals surface area (Å²) in [6.07, 6.45) is 44.0. The zero-order valence-electron chi connectivity index (χ0n) is 25.8. The summed E-state index contributed by atoms with van der Waals surface area (Å²) in [4.78, 5) is 12.2. The summed E-state index contributed by atoms with van der Waals surface area (Å²) in [7, 11) is 0. The van der Waals surface area contributed by atoms with E-state index < -0.39 is 12.1 Å². The lowest BCUT2D eigenvalue weighted by Gasteiger charge is -2.19. The smallest absolute Gasteiger partial charge is 0.220 e. The van der Waals surface area contributed by atoms with Crippen molar-refractivity contribution >= 4 is 5.91 Å². The molecule has 3 N–H and O–H groups in total. The molecule has 0 bridgehead atoms. The van der Waals surface area contributed by atoms with E-state index in [0.29, 0.717) is 6.42 Å². The Bertz CT molecular complexity index is 732. The number of unbranched alkanes of at least 4 members (excludes halogenated alkanes) is 10. The highest BCUT2D eigenvalue weighted by atomic mass is 16.3. The van der Waals surface area contributed by atoms with Crippen molar-refractivity contribution in [1.29, 1.82) is 0 Å². The quantitative estimate of drug-likeness (QED) is 0.0699. The molecule has 0 aromatic rings. The first-order valence-corrected chi connectivity index (χ1v) is 16.2. The fraction of sp³-hybridized carbons (Fsp3) is 0.639. The zero-order valence-corrected chi connectivity index (χ0v) is 25.8. The monoisotopic (exact) mass is 555 g/mol. The number of hydrogen-bond acceptors (Lipinski definition) is 3. The van der Waals surface area contributed by atoms with Crippen LogP contribution in [0.5, 0.6) is 0 Å². The van der Waals surface area contributed by atoms with Gasteiger partial charge in [0.1, 0.15) is 0 Å². The van der Waals surface area contributed by atoms with Crippen molar-refractivity contribution in [3.8, 4) is 0 Å². The number of hydrogen-bond donors (Lipinski definition) is 3. The summed E-state index contributed by atoms with van der Waals surface area (Å²) >= 11 is 0. The summed E-state index contributed by atoms with van der Waals surface area (Å²) < 4.78 is 0. The van der Waals surface area contributed by atoms with Crippen LogP contribution < -0.4 is 5.32 Å². The van der Waals surface area contributed by atoms with Crippen LogP contribution in [0, 0.1) is 0 Å². The highest BCUT2D eigenvalue weighted by Crippen LogP contribution is 2.11. The molecular weight excluding hydrogens is 494 g/mol. The van der Waals surface area contributed by atoms with Crippen molar-refractivity contribution in [1.82, 2.24) is 5.32 Å². The predicted molar refractivity (Wildman–Crippen MR) is 174 cm³/mol. The molecule has 0 aliphatic carbocycles. The van der Waals surface area contributed by atoms with E-state index in [9.17, 15) is 15.0 Å². The van der Waals surface area contributed by atoms with E-state index in [4.69, 9.17) is 0 Å². The molecule has 0 rings (SSSR count). The molecule has 4 nitrogen and oxygen atoms in total. The van der Waals surface area contributed by atoms with Gasteiger partial charge >= 0.3 is 0 Å². The van der Waals surface area contributed by atoms with Crippen LogP contribution in [-0.2, 0) is 4.79 Å². The second-order valence-corrected chi connectivity index (χ2v) is 10.5. The molecular formula is C36H61NO3. The molecule has 4 heteroatoms. The number of nitrogens with one attached hydrogen (secondary N) is 1. The van der Waals surface area contributed by atoms with Crippen LogP contribution in [0.4, 0.5) is 0 Å². The number of carbonyl (C=O) groups is 1. The number of aliphatic hydroxyl groups is 2. The van der Waals surface area contributed by atoms with Crippen molar-refractivity contribution < 1.29 is 15.0 Å². The van der Waals surface area contributed by atoms with E-state index >= 15 is 0 Å². The molecule has 0 aromatic heterocycles. The highest BCUT2D eigenvalue weighted by Gasteiger charge is 2.17. The largest absolute Gasteiger partial charge is 0.394 e. The summed E-state index contributed by atoms with van der Waals surface area (Å²) in [5, 5.41) is 22.7. The standard InChI is InChI=1S/C36H61NO3/c1-3-5-7-9-11-13-15-16-17-18-19-20-22-24-26-28-30-32-36(40)37-34(33-38)35(39)31-29-27-25-23-21-14-12-10-8-6-4-2/h5,7,11,13,16-17,19-20,24,26,29,31,34-35,38-39H,3-4,6,8-10,12,14-15,18,21-23,25,27-28,30,32-33H2,1-2H3,(H,37,40)/b7-5-,13-11-,17-16-,20-19-,26-24-,31-29+. The van der Waals surface area contributed by atoms with Gasteiger partial charge in [-0.05, 0) is 57.8 Å².